The Labute approximate surface area is 112 Å². The van der Waals surface area contributed by atoms with Crippen LogP contribution in [0.2, 0.25) is 10.0 Å². The van der Waals surface area contributed by atoms with Gasteiger partial charge < -0.3 is 5.32 Å². The van der Waals surface area contributed by atoms with E-state index in [1.165, 1.54) is 6.26 Å². The first-order chi connectivity index (χ1) is 7.77. The number of hydrogen-bond acceptors (Lipinski definition) is 3. The molecule has 0 amide bonds. The van der Waals surface area contributed by atoms with E-state index in [4.69, 9.17) is 23.2 Å². The highest BCUT2D eigenvalue weighted by atomic mass is 35.5. The Morgan fingerprint density at radius 1 is 1.24 bits per heavy atom. The van der Waals surface area contributed by atoms with Crippen molar-refractivity contribution in [1.82, 2.24) is 5.32 Å². The van der Waals surface area contributed by atoms with Crippen LogP contribution in [-0.2, 0) is 9.84 Å². The Hall–Kier alpha value is -0.290. The molecule has 3 nitrogen and oxygen atoms in total. The predicted molar refractivity (Wildman–Crippen MR) is 72.6 cm³/mol. The molecule has 96 valence electrons. The lowest BCUT2D eigenvalue weighted by atomic mass is 10.0. The summed E-state index contributed by atoms with van der Waals surface area (Å²) < 4.78 is 23.1. The van der Waals surface area contributed by atoms with E-state index < -0.39 is 15.1 Å². The van der Waals surface area contributed by atoms with Crippen molar-refractivity contribution in [3.05, 3.63) is 33.8 Å². The Bertz CT molecular complexity index is 502. The minimum Gasteiger partial charge on any atom is -0.312 e. The lowest BCUT2D eigenvalue weighted by Gasteiger charge is -2.22. The van der Waals surface area contributed by atoms with E-state index in [1.54, 1.807) is 32.2 Å². The van der Waals surface area contributed by atoms with Crippen LogP contribution in [0.3, 0.4) is 0 Å². The zero-order valence-electron chi connectivity index (χ0n) is 9.87. The molecule has 1 rings (SSSR count). The number of sulfone groups is 1. The minimum atomic E-state index is -3.12. The normalized spacial score (nSPS) is 15.6. The van der Waals surface area contributed by atoms with Crippen molar-refractivity contribution in [3.63, 3.8) is 0 Å². The zero-order valence-corrected chi connectivity index (χ0v) is 12.2. The summed E-state index contributed by atoms with van der Waals surface area (Å²) in [5, 5.41) is 3.33. The monoisotopic (exact) mass is 295 g/mol. The van der Waals surface area contributed by atoms with Gasteiger partial charge in [0.2, 0.25) is 0 Å². The maximum atomic E-state index is 11.6. The van der Waals surface area contributed by atoms with Gasteiger partial charge in [-0.25, -0.2) is 8.42 Å². The van der Waals surface area contributed by atoms with Crippen molar-refractivity contribution in [2.75, 3.05) is 13.3 Å². The average Bonchev–Trinajstić information content (AvgIpc) is 2.23. The molecule has 1 aromatic rings. The van der Waals surface area contributed by atoms with Crippen molar-refractivity contribution in [3.8, 4) is 0 Å². The average molecular weight is 296 g/mol. The largest absolute Gasteiger partial charge is 0.312 e. The first-order valence-corrected chi connectivity index (χ1v) is 7.79. The topological polar surface area (TPSA) is 46.2 Å². The van der Waals surface area contributed by atoms with E-state index in [-0.39, 0.29) is 6.04 Å². The Kier molecular flexibility index (Phi) is 4.84. The van der Waals surface area contributed by atoms with Gasteiger partial charge in [0, 0.05) is 12.3 Å². The van der Waals surface area contributed by atoms with Gasteiger partial charge in [-0.1, -0.05) is 29.3 Å². The number of benzene rings is 1. The van der Waals surface area contributed by atoms with Gasteiger partial charge >= 0.3 is 0 Å². The molecule has 0 bridgehead atoms. The van der Waals surface area contributed by atoms with E-state index in [9.17, 15) is 8.42 Å². The summed E-state index contributed by atoms with van der Waals surface area (Å²) in [4.78, 5) is 0. The lowest BCUT2D eigenvalue weighted by molar-refractivity contribution is 0.535. The molecule has 1 N–H and O–H groups in total. The molecule has 1 aromatic carbocycles. The van der Waals surface area contributed by atoms with Crippen molar-refractivity contribution in [2.45, 2.75) is 18.2 Å². The molecule has 0 saturated carbocycles. The van der Waals surface area contributed by atoms with Crippen molar-refractivity contribution >= 4 is 33.0 Å². The SMILES string of the molecule is CNC(c1ccc(Cl)c(Cl)c1)C(C)S(C)(=O)=O. The van der Waals surface area contributed by atoms with Gasteiger partial charge in [0.15, 0.2) is 9.84 Å². The van der Waals surface area contributed by atoms with E-state index in [0.29, 0.717) is 10.0 Å². The number of rotatable bonds is 4. The molecule has 0 aliphatic heterocycles. The summed E-state index contributed by atoms with van der Waals surface area (Å²) in [5.74, 6) is 0. The zero-order chi connectivity index (χ0) is 13.2. The highest BCUT2D eigenvalue weighted by molar-refractivity contribution is 7.91. The molecule has 6 heteroatoms. The van der Waals surface area contributed by atoms with Gasteiger partial charge in [-0.05, 0) is 31.7 Å². The lowest BCUT2D eigenvalue weighted by Crippen LogP contribution is -2.32. The molecule has 0 saturated heterocycles. The fourth-order valence-electron chi connectivity index (χ4n) is 1.63. The third kappa shape index (κ3) is 3.58. The second kappa shape index (κ2) is 5.57. The minimum absolute atomic E-state index is 0.306. The summed E-state index contributed by atoms with van der Waals surface area (Å²) in [6.07, 6.45) is 1.22. The van der Waals surface area contributed by atoms with E-state index in [1.807, 2.05) is 0 Å². The molecular weight excluding hydrogens is 281 g/mol. The van der Waals surface area contributed by atoms with Gasteiger partial charge in [0.05, 0.1) is 15.3 Å². The molecule has 0 radical (unpaired) electrons. The van der Waals surface area contributed by atoms with Crippen molar-refractivity contribution in [1.29, 1.82) is 0 Å². The van der Waals surface area contributed by atoms with Crippen LogP contribution in [0.1, 0.15) is 18.5 Å². The summed E-state index contributed by atoms with van der Waals surface area (Å²) in [7, 11) is -1.41. The fourth-order valence-corrected chi connectivity index (χ4v) is 2.72. The van der Waals surface area contributed by atoms with Crippen LogP contribution in [0, 0.1) is 0 Å². The Morgan fingerprint density at radius 3 is 2.24 bits per heavy atom. The molecule has 2 unspecified atom stereocenters. The first-order valence-electron chi connectivity index (χ1n) is 5.08. The summed E-state index contributed by atoms with van der Waals surface area (Å²) >= 11 is 11.8. The van der Waals surface area contributed by atoms with Gasteiger partial charge in [-0.2, -0.15) is 0 Å². The second-order valence-electron chi connectivity index (χ2n) is 3.97. The fraction of sp³-hybridized carbons (Fsp3) is 0.455. The summed E-state index contributed by atoms with van der Waals surface area (Å²) in [6, 6.07) is 4.82. The smallest absolute Gasteiger partial charge is 0.151 e. The van der Waals surface area contributed by atoms with E-state index in [2.05, 4.69) is 5.32 Å². The standard InChI is InChI=1S/C11H15Cl2NO2S/c1-7(17(3,15)16)11(14-2)8-4-5-9(12)10(13)6-8/h4-7,11,14H,1-3H3. The third-order valence-corrected chi connectivity index (χ3v) is 5.12. The highest BCUT2D eigenvalue weighted by Gasteiger charge is 2.26. The quantitative estimate of drug-likeness (QED) is 0.929. The highest BCUT2D eigenvalue weighted by Crippen LogP contribution is 2.28. The second-order valence-corrected chi connectivity index (χ2v) is 7.19. The van der Waals surface area contributed by atoms with Crippen molar-refractivity contribution in [2.24, 2.45) is 0 Å². The van der Waals surface area contributed by atoms with Crippen LogP contribution in [0.25, 0.3) is 0 Å². The maximum Gasteiger partial charge on any atom is 0.151 e. The molecule has 0 aliphatic rings. The van der Waals surface area contributed by atoms with Gasteiger partial charge in [-0.3, -0.25) is 0 Å². The first kappa shape index (κ1) is 14.8. The molecule has 0 aromatic heterocycles. The summed E-state index contributed by atoms with van der Waals surface area (Å²) in [5.41, 5.74) is 0.805. The third-order valence-electron chi connectivity index (χ3n) is 2.76. The Balaban J connectivity index is 3.14. The molecule has 17 heavy (non-hydrogen) atoms. The maximum absolute atomic E-state index is 11.6. The molecule has 0 heterocycles. The van der Waals surface area contributed by atoms with E-state index in [0.717, 1.165) is 5.56 Å². The van der Waals surface area contributed by atoms with Gasteiger partial charge in [-0.15, -0.1) is 0 Å². The molecule has 0 aliphatic carbocycles. The molecule has 0 fully saturated rings. The van der Waals surface area contributed by atoms with Crippen LogP contribution < -0.4 is 5.32 Å². The van der Waals surface area contributed by atoms with Crippen LogP contribution in [0.4, 0.5) is 0 Å². The van der Waals surface area contributed by atoms with Crippen molar-refractivity contribution < 1.29 is 8.42 Å². The van der Waals surface area contributed by atoms with Crippen LogP contribution in [-0.4, -0.2) is 27.0 Å². The van der Waals surface area contributed by atoms with Gasteiger partial charge in [0.25, 0.3) is 0 Å². The molecule has 2 atom stereocenters. The van der Waals surface area contributed by atoms with Gasteiger partial charge in [0.1, 0.15) is 0 Å². The Morgan fingerprint density at radius 2 is 1.82 bits per heavy atom. The van der Waals surface area contributed by atoms with Crippen LogP contribution >= 0.6 is 23.2 Å². The predicted octanol–water partition coefficient (Wildman–Crippen LogP) is 2.69. The van der Waals surface area contributed by atoms with Crippen LogP contribution in [0.15, 0.2) is 18.2 Å². The molecule has 0 spiro atoms. The number of nitrogens with one attached hydrogen (secondary N) is 1. The van der Waals surface area contributed by atoms with E-state index >= 15 is 0 Å². The van der Waals surface area contributed by atoms with Crippen LogP contribution in [0.5, 0.6) is 0 Å². The summed E-state index contributed by atoms with van der Waals surface area (Å²) in [6.45, 7) is 1.67. The molecular formula is C11H15Cl2NO2S. The number of halogens is 2. The number of hydrogen-bond donors (Lipinski definition) is 1.